The number of para-hydroxylation sites is 1. The second kappa shape index (κ2) is 4.32. The maximum absolute atomic E-state index is 8.88. The van der Waals surface area contributed by atoms with Crippen LogP contribution in [-0.2, 0) is 0 Å². The molecule has 0 aliphatic carbocycles. The van der Waals surface area contributed by atoms with E-state index in [9.17, 15) is 0 Å². The summed E-state index contributed by atoms with van der Waals surface area (Å²) in [5.41, 5.74) is 6.01. The maximum atomic E-state index is 8.88. The van der Waals surface area contributed by atoms with Gasteiger partial charge in [-0.2, -0.15) is 5.26 Å². The van der Waals surface area contributed by atoms with Gasteiger partial charge >= 0.3 is 0 Å². The minimum absolute atomic E-state index is 0.381. The van der Waals surface area contributed by atoms with Crippen molar-refractivity contribution < 1.29 is 4.74 Å². The van der Waals surface area contributed by atoms with E-state index in [1.807, 2.05) is 0 Å². The number of benzene rings is 1. The molecule has 2 N–H and O–H groups in total. The fraction of sp³-hybridized carbons (Fsp3) is 0. The molecule has 0 atom stereocenters. The average molecular weight is 211 g/mol. The predicted octanol–water partition coefficient (Wildman–Crippen LogP) is 2.33. The van der Waals surface area contributed by atoms with Crippen LogP contribution in [0.2, 0.25) is 0 Å². The molecule has 2 aromatic rings. The number of ether oxygens (including phenoxy) is 1. The first-order chi connectivity index (χ1) is 7.79. The number of nitrogens with two attached hydrogens (primary N) is 1. The normalized spacial score (nSPS) is 9.44. The van der Waals surface area contributed by atoms with Gasteiger partial charge in [0.15, 0.2) is 0 Å². The molecule has 1 aromatic heterocycles. The fourth-order valence-electron chi connectivity index (χ4n) is 1.27. The van der Waals surface area contributed by atoms with Gasteiger partial charge in [0.2, 0.25) is 0 Å². The summed E-state index contributed by atoms with van der Waals surface area (Å²) in [6.07, 6.45) is 1.56. The molecule has 0 saturated heterocycles. The number of nitriles is 1. The number of rotatable bonds is 2. The summed E-state index contributed by atoms with van der Waals surface area (Å²) in [6, 6.07) is 12.4. The van der Waals surface area contributed by atoms with Crippen LogP contribution in [0.1, 0.15) is 5.56 Å². The van der Waals surface area contributed by atoms with Crippen molar-refractivity contribution >= 4 is 5.82 Å². The van der Waals surface area contributed by atoms with Gasteiger partial charge in [0.1, 0.15) is 23.4 Å². The summed E-state index contributed by atoms with van der Waals surface area (Å²) in [5, 5.41) is 8.88. The minimum Gasteiger partial charge on any atom is -0.456 e. The zero-order chi connectivity index (χ0) is 11.4. The minimum atomic E-state index is 0.381. The monoisotopic (exact) mass is 211 g/mol. The van der Waals surface area contributed by atoms with Crippen LogP contribution in [0.25, 0.3) is 0 Å². The van der Waals surface area contributed by atoms with E-state index in [1.54, 1.807) is 42.6 Å². The molecule has 2 rings (SSSR count). The molecule has 4 heteroatoms. The second-order valence-electron chi connectivity index (χ2n) is 3.13. The van der Waals surface area contributed by atoms with Gasteiger partial charge in [-0.25, -0.2) is 4.98 Å². The van der Waals surface area contributed by atoms with E-state index in [0.717, 1.165) is 0 Å². The molecule has 0 spiro atoms. The number of nitrogens with zero attached hydrogens (tertiary/aromatic N) is 2. The Morgan fingerprint density at radius 3 is 2.81 bits per heavy atom. The third-order valence-corrected chi connectivity index (χ3v) is 1.99. The molecule has 0 aliphatic rings. The van der Waals surface area contributed by atoms with Crippen molar-refractivity contribution in [3.8, 4) is 17.6 Å². The highest BCUT2D eigenvalue weighted by molar-refractivity contribution is 5.46. The SMILES string of the molecule is N#Cc1ccccc1Oc1ccnc(N)c1. The second-order valence-corrected chi connectivity index (χ2v) is 3.13. The van der Waals surface area contributed by atoms with Crippen LogP contribution in [0.3, 0.4) is 0 Å². The number of anilines is 1. The Morgan fingerprint density at radius 1 is 1.25 bits per heavy atom. The molecule has 0 saturated carbocycles. The molecule has 1 heterocycles. The molecule has 0 unspecified atom stereocenters. The Labute approximate surface area is 92.9 Å². The average Bonchev–Trinajstić information content (AvgIpc) is 2.30. The van der Waals surface area contributed by atoms with E-state index in [2.05, 4.69) is 11.1 Å². The zero-order valence-electron chi connectivity index (χ0n) is 8.42. The van der Waals surface area contributed by atoms with Gasteiger partial charge in [0, 0.05) is 12.3 Å². The van der Waals surface area contributed by atoms with E-state index in [-0.39, 0.29) is 0 Å². The first-order valence-corrected chi connectivity index (χ1v) is 4.68. The number of pyridine rings is 1. The number of nitrogen functional groups attached to an aromatic ring is 1. The Kier molecular flexibility index (Phi) is 2.70. The van der Waals surface area contributed by atoms with Crippen molar-refractivity contribution in [3.05, 3.63) is 48.2 Å². The standard InChI is InChI=1S/C12H9N3O/c13-8-9-3-1-2-4-11(9)16-10-5-6-15-12(14)7-10/h1-7H,(H2,14,15). The lowest BCUT2D eigenvalue weighted by molar-refractivity contribution is 0.481. The molecule has 16 heavy (non-hydrogen) atoms. The van der Waals surface area contributed by atoms with Gasteiger partial charge in [0.05, 0.1) is 5.56 Å². The van der Waals surface area contributed by atoms with E-state index in [0.29, 0.717) is 22.9 Å². The van der Waals surface area contributed by atoms with Crippen LogP contribution >= 0.6 is 0 Å². The molecule has 0 bridgehead atoms. The van der Waals surface area contributed by atoms with Crippen molar-refractivity contribution in [2.75, 3.05) is 5.73 Å². The number of hydrogen-bond donors (Lipinski definition) is 1. The van der Waals surface area contributed by atoms with Crippen LogP contribution in [0.5, 0.6) is 11.5 Å². The Balaban J connectivity index is 2.31. The van der Waals surface area contributed by atoms with Crippen molar-refractivity contribution in [2.24, 2.45) is 0 Å². The summed E-state index contributed by atoms with van der Waals surface area (Å²) in [7, 11) is 0. The van der Waals surface area contributed by atoms with Crippen molar-refractivity contribution in [3.63, 3.8) is 0 Å². The Hall–Kier alpha value is -2.54. The van der Waals surface area contributed by atoms with Crippen LogP contribution in [0.15, 0.2) is 42.6 Å². The lowest BCUT2D eigenvalue weighted by Gasteiger charge is -2.06. The number of aromatic nitrogens is 1. The van der Waals surface area contributed by atoms with Gasteiger partial charge < -0.3 is 10.5 Å². The van der Waals surface area contributed by atoms with Crippen LogP contribution < -0.4 is 10.5 Å². The summed E-state index contributed by atoms with van der Waals surface area (Å²) in [6.45, 7) is 0. The van der Waals surface area contributed by atoms with Crippen LogP contribution in [-0.4, -0.2) is 4.98 Å². The van der Waals surface area contributed by atoms with E-state index < -0.39 is 0 Å². The molecular formula is C12H9N3O. The van der Waals surface area contributed by atoms with E-state index >= 15 is 0 Å². The third kappa shape index (κ3) is 2.10. The molecular weight excluding hydrogens is 202 g/mol. The molecule has 0 radical (unpaired) electrons. The highest BCUT2D eigenvalue weighted by Crippen LogP contribution is 2.24. The third-order valence-electron chi connectivity index (χ3n) is 1.99. The van der Waals surface area contributed by atoms with Gasteiger partial charge in [0.25, 0.3) is 0 Å². The fourth-order valence-corrected chi connectivity index (χ4v) is 1.27. The summed E-state index contributed by atoms with van der Waals surface area (Å²) in [4.78, 5) is 3.86. The van der Waals surface area contributed by atoms with Gasteiger partial charge in [-0.3, -0.25) is 0 Å². The molecule has 0 amide bonds. The summed E-state index contributed by atoms with van der Waals surface area (Å²) >= 11 is 0. The van der Waals surface area contributed by atoms with E-state index in [4.69, 9.17) is 15.7 Å². The molecule has 1 aromatic carbocycles. The van der Waals surface area contributed by atoms with Gasteiger partial charge in [-0.1, -0.05) is 12.1 Å². The summed E-state index contributed by atoms with van der Waals surface area (Å²) in [5.74, 6) is 1.46. The van der Waals surface area contributed by atoms with Crippen LogP contribution in [0, 0.1) is 11.3 Å². The predicted molar refractivity (Wildman–Crippen MR) is 59.9 cm³/mol. The first-order valence-electron chi connectivity index (χ1n) is 4.68. The number of hydrogen-bond acceptors (Lipinski definition) is 4. The maximum Gasteiger partial charge on any atom is 0.145 e. The molecule has 0 fully saturated rings. The lowest BCUT2D eigenvalue weighted by Crippen LogP contribution is -1.92. The lowest BCUT2D eigenvalue weighted by atomic mass is 10.2. The molecule has 4 nitrogen and oxygen atoms in total. The van der Waals surface area contributed by atoms with Gasteiger partial charge in [-0.15, -0.1) is 0 Å². The summed E-state index contributed by atoms with van der Waals surface area (Å²) < 4.78 is 5.54. The molecule has 0 aliphatic heterocycles. The quantitative estimate of drug-likeness (QED) is 0.827. The Morgan fingerprint density at radius 2 is 2.06 bits per heavy atom. The Bertz CT molecular complexity index is 546. The topological polar surface area (TPSA) is 71.9 Å². The van der Waals surface area contributed by atoms with E-state index in [1.165, 1.54) is 0 Å². The molecule has 78 valence electrons. The van der Waals surface area contributed by atoms with Crippen LogP contribution in [0.4, 0.5) is 5.82 Å². The van der Waals surface area contributed by atoms with Gasteiger partial charge in [-0.05, 0) is 18.2 Å². The van der Waals surface area contributed by atoms with Crippen molar-refractivity contribution in [1.82, 2.24) is 4.98 Å². The highest BCUT2D eigenvalue weighted by Gasteiger charge is 2.03. The van der Waals surface area contributed by atoms with Crippen molar-refractivity contribution in [1.29, 1.82) is 5.26 Å². The van der Waals surface area contributed by atoms with Crippen molar-refractivity contribution in [2.45, 2.75) is 0 Å². The highest BCUT2D eigenvalue weighted by atomic mass is 16.5. The largest absolute Gasteiger partial charge is 0.456 e. The smallest absolute Gasteiger partial charge is 0.145 e. The zero-order valence-corrected chi connectivity index (χ0v) is 8.42. The first kappa shape index (κ1) is 9.99.